The number of amides is 2. The Kier molecular flexibility index (Phi) is 5.86. The predicted octanol–water partition coefficient (Wildman–Crippen LogP) is 2.03. The summed E-state index contributed by atoms with van der Waals surface area (Å²) in [5.74, 6) is -0.452. The van der Waals surface area contributed by atoms with Gasteiger partial charge in [-0.05, 0) is 24.1 Å². The van der Waals surface area contributed by atoms with Gasteiger partial charge in [0.05, 0.1) is 6.54 Å². The zero-order valence-electron chi connectivity index (χ0n) is 13.5. The van der Waals surface area contributed by atoms with E-state index in [1.54, 1.807) is 13.1 Å². The molecule has 0 bridgehead atoms. The minimum absolute atomic E-state index is 0.00367. The molecule has 0 unspecified atom stereocenters. The Hall–Kier alpha value is -2.69. The average molecular weight is 311 g/mol. The number of aryl methyl sites for hydroxylation is 1. The van der Waals surface area contributed by atoms with Gasteiger partial charge in [-0.3, -0.25) is 9.59 Å². The quantitative estimate of drug-likeness (QED) is 0.888. The maximum Gasteiger partial charge on any atom is 0.272 e. The molecule has 0 aliphatic rings. The van der Waals surface area contributed by atoms with Gasteiger partial charge in [0, 0.05) is 19.3 Å². The first-order chi connectivity index (χ1) is 11.1. The second kappa shape index (κ2) is 8.08. The summed E-state index contributed by atoms with van der Waals surface area (Å²) in [4.78, 5) is 29.9. The summed E-state index contributed by atoms with van der Waals surface area (Å²) in [6.45, 7) is 2.44. The summed E-state index contributed by atoms with van der Waals surface area (Å²) in [7, 11) is 1.60. The molecule has 2 amide bonds. The second-order valence-electron chi connectivity index (χ2n) is 5.29. The van der Waals surface area contributed by atoms with Crippen molar-refractivity contribution in [1.82, 2.24) is 15.2 Å². The highest BCUT2D eigenvalue weighted by molar-refractivity contribution is 5.94. The van der Waals surface area contributed by atoms with E-state index in [2.05, 4.69) is 10.3 Å². The Balaban J connectivity index is 1.88. The van der Waals surface area contributed by atoms with Crippen molar-refractivity contribution >= 4 is 11.8 Å². The van der Waals surface area contributed by atoms with Crippen molar-refractivity contribution in [2.24, 2.45) is 0 Å². The molecule has 0 aliphatic carbocycles. The van der Waals surface area contributed by atoms with E-state index in [1.165, 1.54) is 4.90 Å². The molecule has 0 saturated carbocycles. The first-order valence-corrected chi connectivity index (χ1v) is 7.62. The third-order valence-electron chi connectivity index (χ3n) is 3.45. The number of nitrogens with zero attached hydrogens (tertiary/aromatic N) is 2. The van der Waals surface area contributed by atoms with Crippen LogP contribution in [0.5, 0.6) is 0 Å². The van der Waals surface area contributed by atoms with E-state index in [-0.39, 0.29) is 18.4 Å². The van der Waals surface area contributed by atoms with Crippen LogP contribution in [-0.4, -0.2) is 35.3 Å². The van der Waals surface area contributed by atoms with Gasteiger partial charge < -0.3 is 10.2 Å². The Bertz CT molecular complexity index is 671. The van der Waals surface area contributed by atoms with Crippen LogP contribution >= 0.6 is 0 Å². The van der Waals surface area contributed by atoms with Crippen LogP contribution in [0.15, 0.2) is 48.5 Å². The van der Waals surface area contributed by atoms with Gasteiger partial charge >= 0.3 is 0 Å². The van der Waals surface area contributed by atoms with Crippen molar-refractivity contribution in [1.29, 1.82) is 0 Å². The molecule has 1 aromatic heterocycles. The standard InChI is InChI=1S/C18H21N3O2/c1-3-15-10-7-11-16(20-15)18(23)21(2)13-17(22)19-12-14-8-5-4-6-9-14/h4-11H,3,12-13H2,1-2H3,(H,19,22). The molecule has 5 nitrogen and oxygen atoms in total. The number of aromatic nitrogens is 1. The van der Waals surface area contributed by atoms with Gasteiger partial charge in [-0.2, -0.15) is 0 Å². The van der Waals surface area contributed by atoms with E-state index in [4.69, 9.17) is 0 Å². The molecular formula is C18H21N3O2. The predicted molar refractivity (Wildman–Crippen MR) is 88.9 cm³/mol. The Labute approximate surface area is 136 Å². The Morgan fingerprint density at radius 1 is 1.09 bits per heavy atom. The molecular weight excluding hydrogens is 290 g/mol. The molecule has 1 N–H and O–H groups in total. The van der Waals surface area contributed by atoms with Crippen molar-refractivity contribution in [3.8, 4) is 0 Å². The molecule has 1 aromatic carbocycles. The van der Waals surface area contributed by atoms with Gasteiger partial charge in [-0.25, -0.2) is 4.98 Å². The summed E-state index contributed by atoms with van der Waals surface area (Å²) < 4.78 is 0. The average Bonchev–Trinajstić information content (AvgIpc) is 2.60. The van der Waals surface area contributed by atoms with Gasteiger partial charge in [0.25, 0.3) is 5.91 Å². The lowest BCUT2D eigenvalue weighted by Gasteiger charge is -2.16. The molecule has 0 radical (unpaired) electrons. The summed E-state index contributed by atoms with van der Waals surface area (Å²) in [6.07, 6.45) is 0.766. The monoisotopic (exact) mass is 311 g/mol. The number of rotatable bonds is 6. The molecule has 0 fully saturated rings. The van der Waals surface area contributed by atoms with E-state index in [1.807, 2.05) is 49.4 Å². The van der Waals surface area contributed by atoms with E-state index in [9.17, 15) is 9.59 Å². The summed E-state index contributed by atoms with van der Waals surface area (Å²) in [5.41, 5.74) is 2.24. The van der Waals surface area contributed by atoms with Crippen LogP contribution in [0.2, 0.25) is 0 Å². The number of hydrogen-bond donors (Lipinski definition) is 1. The van der Waals surface area contributed by atoms with E-state index >= 15 is 0 Å². The fourth-order valence-electron chi connectivity index (χ4n) is 2.13. The van der Waals surface area contributed by atoms with Crippen LogP contribution in [-0.2, 0) is 17.8 Å². The molecule has 0 atom stereocenters. The first kappa shape index (κ1) is 16.7. The molecule has 0 spiro atoms. The highest BCUT2D eigenvalue weighted by Gasteiger charge is 2.16. The van der Waals surface area contributed by atoms with Crippen molar-refractivity contribution in [2.45, 2.75) is 19.9 Å². The van der Waals surface area contributed by atoms with Crippen LogP contribution in [0.1, 0.15) is 28.7 Å². The van der Waals surface area contributed by atoms with Crippen LogP contribution in [0.3, 0.4) is 0 Å². The first-order valence-electron chi connectivity index (χ1n) is 7.62. The third kappa shape index (κ3) is 4.92. The number of pyridine rings is 1. The molecule has 5 heteroatoms. The molecule has 0 aliphatic heterocycles. The van der Waals surface area contributed by atoms with Gasteiger partial charge in [0.2, 0.25) is 5.91 Å². The summed E-state index contributed by atoms with van der Waals surface area (Å²) >= 11 is 0. The number of nitrogens with one attached hydrogen (secondary N) is 1. The topological polar surface area (TPSA) is 62.3 Å². The van der Waals surface area contributed by atoms with Crippen molar-refractivity contribution < 1.29 is 9.59 Å². The molecule has 120 valence electrons. The summed E-state index contributed by atoms with van der Waals surface area (Å²) in [6, 6.07) is 15.0. The molecule has 0 saturated heterocycles. The summed E-state index contributed by atoms with van der Waals surface area (Å²) in [5, 5.41) is 2.81. The zero-order chi connectivity index (χ0) is 16.7. The Morgan fingerprint density at radius 3 is 2.52 bits per heavy atom. The molecule has 23 heavy (non-hydrogen) atoms. The third-order valence-corrected chi connectivity index (χ3v) is 3.45. The second-order valence-corrected chi connectivity index (χ2v) is 5.29. The number of carbonyl (C=O) groups is 2. The number of likely N-dealkylation sites (N-methyl/N-ethyl adjacent to an activating group) is 1. The minimum atomic E-state index is -0.254. The highest BCUT2D eigenvalue weighted by atomic mass is 16.2. The van der Waals surface area contributed by atoms with Gasteiger partial charge in [-0.15, -0.1) is 0 Å². The van der Waals surface area contributed by atoms with E-state index < -0.39 is 0 Å². The molecule has 2 rings (SSSR count). The normalized spacial score (nSPS) is 10.2. The highest BCUT2D eigenvalue weighted by Crippen LogP contribution is 2.04. The SMILES string of the molecule is CCc1cccc(C(=O)N(C)CC(=O)NCc2ccccc2)n1. The number of carbonyl (C=O) groups excluding carboxylic acids is 2. The van der Waals surface area contributed by atoms with Gasteiger partial charge in [0.1, 0.15) is 5.69 Å². The lowest BCUT2D eigenvalue weighted by Crippen LogP contribution is -2.38. The van der Waals surface area contributed by atoms with Gasteiger partial charge in [-0.1, -0.05) is 43.3 Å². The van der Waals surface area contributed by atoms with E-state index in [0.29, 0.717) is 12.2 Å². The van der Waals surface area contributed by atoms with Gasteiger partial charge in [0.15, 0.2) is 0 Å². The minimum Gasteiger partial charge on any atom is -0.350 e. The lowest BCUT2D eigenvalue weighted by atomic mass is 10.2. The number of hydrogen-bond acceptors (Lipinski definition) is 3. The van der Waals surface area contributed by atoms with E-state index in [0.717, 1.165) is 17.7 Å². The van der Waals surface area contributed by atoms with Crippen molar-refractivity contribution in [2.75, 3.05) is 13.6 Å². The van der Waals surface area contributed by atoms with Crippen LogP contribution in [0.4, 0.5) is 0 Å². The fraction of sp³-hybridized carbons (Fsp3) is 0.278. The fourth-order valence-corrected chi connectivity index (χ4v) is 2.13. The maximum absolute atomic E-state index is 12.3. The number of benzene rings is 1. The lowest BCUT2D eigenvalue weighted by molar-refractivity contribution is -0.121. The van der Waals surface area contributed by atoms with Crippen molar-refractivity contribution in [3.63, 3.8) is 0 Å². The van der Waals surface area contributed by atoms with Crippen LogP contribution in [0, 0.1) is 0 Å². The van der Waals surface area contributed by atoms with Crippen LogP contribution < -0.4 is 5.32 Å². The largest absolute Gasteiger partial charge is 0.350 e. The molecule has 1 heterocycles. The molecule has 2 aromatic rings. The Morgan fingerprint density at radius 2 is 1.83 bits per heavy atom. The van der Waals surface area contributed by atoms with Crippen LogP contribution in [0.25, 0.3) is 0 Å². The smallest absolute Gasteiger partial charge is 0.272 e. The maximum atomic E-state index is 12.3. The van der Waals surface area contributed by atoms with Crippen molar-refractivity contribution in [3.05, 3.63) is 65.5 Å². The zero-order valence-corrected chi connectivity index (χ0v) is 13.5.